The van der Waals surface area contributed by atoms with Gasteiger partial charge in [-0.05, 0) is 25.2 Å². The van der Waals surface area contributed by atoms with Gasteiger partial charge in [-0.25, -0.2) is 8.42 Å². The Morgan fingerprint density at radius 1 is 1.37 bits per heavy atom. The summed E-state index contributed by atoms with van der Waals surface area (Å²) >= 11 is 5.94. The smallest absolute Gasteiger partial charge is 0.229 e. The molecule has 0 spiro atoms. The van der Waals surface area contributed by atoms with Crippen molar-refractivity contribution < 1.29 is 13.2 Å². The maximum Gasteiger partial charge on any atom is 0.229 e. The first-order valence-electron chi connectivity index (χ1n) is 5.53. The van der Waals surface area contributed by atoms with Gasteiger partial charge in [0.05, 0.1) is 22.7 Å². The molecule has 0 radical (unpaired) electrons. The van der Waals surface area contributed by atoms with Crippen molar-refractivity contribution >= 4 is 38.9 Å². The highest BCUT2D eigenvalue weighted by molar-refractivity contribution is 7.92. The summed E-state index contributed by atoms with van der Waals surface area (Å²) in [5.74, 6) is -0.201. The molecule has 19 heavy (non-hydrogen) atoms. The number of benzene rings is 1. The van der Waals surface area contributed by atoms with Crippen LogP contribution in [-0.4, -0.2) is 34.2 Å². The summed E-state index contributed by atoms with van der Waals surface area (Å²) in [5.41, 5.74) is 0.715. The lowest BCUT2D eigenvalue weighted by Gasteiger charge is -2.10. The lowest BCUT2D eigenvalue weighted by atomic mass is 10.2. The molecule has 3 N–H and O–H groups in total. The average Bonchev–Trinajstić information content (AvgIpc) is 2.29. The van der Waals surface area contributed by atoms with Gasteiger partial charge in [-0.2, -0.15) is 0 Å². The Bertz CT molecular complexity index is 560. The molecule has 0 saturated carbocycles. The van der Waals surface area contributed by atoms with E-state index in [9.17, 15) is 13.2 Å². The lowest BCUT2D eigenvalue weighted by molar-refractivity contribution is -0.116. The third-order valence-corrected chi connectivity index (χ3v) is 3.08. The summed E-state index contributed by atoms with van der Waals surface area (Å²) in [6.45, 7) is 0.546. The van der Waals surface area contributed by atoms with Crippen LogP contribution in [0.4, 0.5) is 11.4 Å². The number of nitrogens with one attached hydrogen (secondary N) is 3. The first kappa shape index (κ1) is 15.7. The molecule has 0 saturated heterocycles. The number of rotatable bonds is 6. The summed E-state index contributed by atoms with van der Waals surface area (Å²) in [5, 5.41) is 5.83. The second-order valence-corrected chi connectivity index (χ2v) is 6.13. The molecule has 0 fully saturated rings. The van der Waals surface area contributed by atoms with E-state index in [1.807, 2.05) is 0 Å². The molecule has 1 aromatic rings. The zero-order valence-electron chi connectivity index (χ0n) is 10.7. The van der Waals surface area contributed by atoms with Crippen LogP contribution in [-0.2, 0) is 14.8 Å². The molecule has 0 atom stereocenters. The van der Waals surface area contributed by atoms with Crippen LogP contribution in [0.5, 0.6) is 0 Å². The zero-order valence-corrected chi connectivity index (χ0v) is 12.2. The number of hydrogen-bond donors (Lipinski definition) is 3. The topological polar surface area (TPSA) is 87.3 Å². The van der Waals surface area contributed by atoms with Gasteiger partial charge in [0.15, 0.2) is 0 Å². The highest BCUT2D eigenvalue weighted by atomic mass is 35.5. The SMILES string of the molecule is CNCCC(=O)Nc1cc(NS(C)(=O)=O)ccc1Cl. The number of sulfonamides is 1. The molecule has 1 aromatic carbocycles. The molecule has 1 amide bonds. The average molecular weight is 306 g/mol. The Balaban J connectivity index is 2.83. The first-order valence-corrected chi connectivity index (χ1v) is 7.80. The Hall–Kier alpha value is -1.31. The second-order valence-electron chi connectivity index (χ2n) is 3.97. The predicted octanol–water partition coefficient (Wildman–Crippen LogP) is 1.26. The summed E-state index contributed by atoms with van der Waals surface area (Å²) in [6.07, 6.45) is 1.35. The Kier molecular flexibility index (Phi) is 5.59. The number of carbonyl (C=O) groups is 1. The van der Waals surface area contributed by atoms with E-state index >= 15 is 0 Å². The van der Waals surface area contributed by atoms with Crippen molar-refractivity contribution in [2.75, 3.05) is 29.9 Å². The third-order valence-electron chi connectivity index (χ3n) is 2.15. The van der Waals surface area contributed by atoms with Gasteiger partial charge < -0.3 is 10.6 Å². The lowest BCUT2D eigenvalue weighted by Crippen LogP contribution is -2.19. The van der Waals surface area contributed by atoms with Gasteiger partial charge in [0, 0.05) is 13.0 Å². The van der Waals surface area contributed by atoms with Crippen molar-refractivity contribution in [2.45, 2.75) is 6.42 Å². The molecule has 0 heterocycles. The molecule has 0 unspecified atom stereocenters. The third kappa shape index (κ3) is 5.91. The van der Waals surface area contributed by atoms with Crippen molar-refractivity contribution in [3.05, 3.63) is 23.2 Å². The molecular formula is C11H16ClN3O3S. The molecular weight excluding hydrogens is 290 g/mol. The van der Waals surface area contributed by atoms with Gasteiger partial charge in [-0.1, -0.05) is 11.6 Å². The van der Waals surface area contributed by atoms with Crippen molar-refractivity contribution in [3.8, 4) is 0 Å². The molecule has 0 aliphatic carbocycles. The Labute approximate surface area is 117 Å². The van der Waals surface area contributed by atoms with Crippen LogP contribution >= 0.6 is 11.6 Å². The highest BCUT2D eigenvalue weighted by Gasteiger charge is 2.08. The second kappa shape index (κ2) is 6.74. The predicted molar refractivity (Wildman–Crippen MR) is 77.1 cm³/mol. The van der Waals surface area contributed by atoms with E-state index < -0.39 is 10.0 Å². The van der Waals surface area contributed by atoms with Gasteiger partial charge in [0.1, 0.15) is 0 Å². The number of anilines is 2. The van der Waals surface area contributed by atoms with Crippen LogP contribution in [0.3, 0.4) is 0 Å². The van der Waals surface area contributed by atoms with E-state index in [0.29, 0.717) is 29.4 Å². The van der Waals surface area contributed by atoms with Gasteiger partial charge in [0.25, 0.3) is 0 Å². The monoisotopic (exact) mass is 305 g/mol. The van der Waals surface area contributed by atoms with Gasteiger partial charge in [-0.3, -0.25) is 9.52 Å². The molecule has 0 aliphatic heterocycles. The van der Waals surface area contributed by atoms with Crippen molar-refractivity contribution in [2.24, 2.45) is 0 Å². The van der Waals surface area contributed by atoms with Crippen LogP contribution in [0.25, 0.3) is 0 Å². The minimum atomic E-state index is -3.37. The quantitative estimate of drug-likeness (QED) is 0.738. The normalized spacial score (nSPS) is 11.1. The van der Waals surface area contributed by atoms with Crippen LogP contribution in [0.2, 0.25) is 5.02 Å². The van der Waals surface area contributed by atoms with E-state index in [-0.39, 0.29) is 5.91 Å². The van der Waals surface area contributed by atoms with E-state index in [1.165, 1.54) is 18.2 Å². The fraction of sp³-hybridized carbons (Fsp3) is 0.364. The van der Waals surface area contributed by atoms with Crippen molar-refractivity contribution in [1.29, 1.82) is 0 Å². The minimum absolute atomic E-state index is 0.201. The number of hydrogen-bond acceptors (Lipinski definition) is 4. The molecule has 8 heteroatoms. The molecule has 106 valence electrons. The van der Waals surface area contributed by atoms with Gasteiger partial charge in [-0.15, -0.1) is 0 Å². The minimum Gasteiger partial charge on any atom is -0.325 e. The van der Waals surface area contributed by atoms with Crippen LogP contribution in [0.1, 0.15) is 6.42 Å². The Morgan fingerprint density at radius 2 is 2.05 bits per heavy atom. The fourth-order valence-electron chi connectivity index (χ4n) is 1.35. The summed E-state index contributed by atoms with van der Waals surface area (Å²) in [4.78, 5) is 11.6. The van der Waals surface area contributed by atoms with Crippen molar-refractivity contribution in [1.82, 2.24) is 5.32 Å². The molecule has 1 rings (SSSR count). The largest absolute Gasteiger partial charge is 0.325 e. The van der Waals surface area contributed by atoms with Crippen molar-refractivity contribution in [3.63, 3.8) is 0 Å². The molecule has 0 bridgehead atoms. The zero-order chi connectivity index (χ0) is 14.5. The molecule has 0 aliphatic rings. The summed E-state index contributed by atoms with van der Waals surface area (Å²) in [6, 6.07) is 4.51. The maximum atomic E-state index is 11.6. The summed E-state index contributed by atoms with van der Waals surface area (Å²) in [7, 11) is -1.62. The maximum absolute atomic E-state index is 11.6. The number of carbonyl (C=O) groups excluding carboxylic acids is 1. The standard InChI is InChI=1S/C11H16ClN3O3S/c1-13-6-5-11(16)14-10-7-8(3-4-9(10)12)15-19(2,17)18/h3-4,7,13,15H,5-6H2,1-2H3,(H,14,16). The number of halogens is 1. The van der Waals surface area contributed by atoms with Crippen LogP contribution < -0.4 is 15.4 Å². The van der Waals surface area contributed by atoms with Gasteiger partial charge in [0.2, 0.25) is 15.9 Å². The van der Waals surface area contributed by atoms with Crippen LogP contribution in [0, 0.1) is 0 Å². The van der Waals surface area contributed by atoms with E-state index in [4.69, 9.17) is 11.6 Å². The van der Waals surface area contributed by atoms with E-state index in [0.717, 1.165) is 6.26 Å². The van der Waals surface area contributed by atoms with E-state index in [1.54, 1.807) is 7.05 Å². The first-order chi connectivity index (χ1) is 8.81. The summed E-state index contributed by atoms with van der Waals surface area (Å²) < 4.78 is 24.6. The van der Waals surface area contributed by atoms with Gasteiger partial charge >= 0.3 is 0 Å². The van der Waals surface area contributed by atoms with Crippen LogP contribution in [0.15, 0.2) is 18.2 Å². The fourth-order valence-corrected chi connectivity index (χ4v) is 2.07. The molecule has 6 nitrogen and oxygen atoms in total. The Morgan fingerprint density at radius 3 is 2.63 bits per heavy atom. The highest BCUT2D eigenvalue weighted by Crippen LogP contribution is 2.26. The molecule has 0 aromatic heterocycles. The van der Waals surface area contributed by atoms with E-state index in [2.05, 4.69) is 15.4 Å². The number of amides is 1.